The average Bonchev–Trinajstić information content (AvgIpc) is 2.62. The molecule has 6 heteroatoms. The van der Waals surface area contributed by atoms with Gasteiger partial charge in [-0.15, -0.1) is 0 Å². The number of nitrogens with two attached hydrogens (primary N) is 1. The summed E-state index contributed by atoms with van der Waals surface area (Å²) in [6.07, 6.45) is 1.90. The Bertz CT molecular complexity index is 296. The number of carbonyl (C=O) groups excluding carboxylic acids is 1. The summed E-state index contributed by atoms with van der Waals surface area (Å²) in [6, 6.07) is -0.579. The van der Waals surface area contributed by atoms with Gasteiger partial charge in [-0.1, -0.05) is 0 Å². The minimum Gasteiger partial charge on any atom is -0.481 e. The van der Waals surface area contributed by atoms with E-state index in [1.807, 2.05) is 7.05 Å². The third kappa shape index (κ3) is 3.98. The molecule has 98 valence electrons. The second kappa shape index (κ2) is 5.97. The lowest BCUT2D eigenvalue weighted by Gasteiger charge is -2.27. The molecule has 2 unspecified atom stereocenters. The monoisotopic (exact) mass is 243 g/mol. The molecule has 2 atom stereocenters. The van der Waals surface area contributed by atoms with E-state index < -0.39 is 12.0 Å². The molecule has 0 spiro atoms. The van der Waals surface area contributed by atoms with Crippen LogP contribution in [0, 0.1) is 0 Å². The van der Waals surface area contributed by atoms with E-state index in [2.05, 4.69) is 4.90 Å². The van der Waals surface area contributed by atoms with Crippen molar-refractivity contribution in [2.24, 2.45) is 5.73 Å². The normalized spacial score (nSPS) is 22.4. The van der Waals surface area contributed by atoms with Crippen molar-refractivity contribution in [3.63, 3.8) is 0 Å². The Hall–Kier alpha value is -1.14. The van der Waals surface area contributed by atoms with Crippen LogP contribution < -0.4 is 5.73 Å². The summed E-state index contributed by atoms with van der Waals surface area (Å²) in [4.78, 5) is 26.0. The molecule has 1 rings (SSSR count). The average molecular weight is 243 g/mol. The standard InChI is InChI=1S/C11H21N3O3/c1-13-5-3-4-8(13)7-14(2)11(17)9(12)6-10(15)16/h8-9H,3-7,12H2,1-2H3,(H,15,16). The van der Waals surface area contributed by atoms with E-state index >= 15 is 0 Å². The Kier molecular flexibility index (Phi) is 4.89. The first-order valence-corrected chi connectivity index (χ1v) is 5.84. The van der Waals surface area contributed by atoms with Gasteiger partial charge in [-0.3, -0.25) is 9.59 Å². The molecule has 1 fully saturated rings. The molecule has 1 aliphatic heterocycles. The fourth-order valence-electron chi connectivity index (χ4n) is 2.17. The number of aliphatic carboxylic acids is 1. The molecule has 0 aromatic heterocycles. The van der Waals surface area contributed by atoms with Crippen LogP contribution in [0.1, 0.15) is 19.3 Å². The van der Waals surface area contributed by atoms with Gasteiger partial charge in [0.05, 0.1) is 12.5 Å². The lowest BCUT2D eigenvalue weighted by molar-refractivity contribution is -0.141. The highest BCUT2D eigenvalue weighted by Crippen LogP contribution is 2.15. The predicted molar refractivity (Wildman–Crippen MR) is 63.5 cm³/mol. The number of rotatable bonds is 5. The summed E-state index contributed by atoms with van der Waals surface area (Å²) in [5, 5.41) is 8.58. The van der Waals surface area contributed by atoms with Gasteiger partial charge in [0, 0.05) is 19.6 Å². The molecule has 3 N–H and O–H groups in total. The smallest absolute Gasteiger partial charge is 0.305 e. The maximum atomic E-state index is 11.8. The van der Waals surface area contributed by atoms with Crippen molar-refractivity contribution < 1.29 is 14.7 Å². The first-order valence-electron chi connectivity index (χ1n) is 5.84. The van der Waals surface area contributed by atoms with Crippen LogP contribution in [0.4, 0.5) is 0 Å². The third-order valence-corrected chi connectivity index (χ3v) is 3.24. The fourth-order valence-corrected chi connectivity index (χ4v) is 2.17. The zero-order valence-electron chi connectivity index (χ0n) is 10.4. The van der Waals surface area contributed by atoms with Gasteiger partial charge in [-0.25, -0.2) is 0 Å². The second-order valence-corrected chi connectivity index (χ2v) is 4.70. The molecule has 1 heterocycles. The van der Waals surface area contributed by atoms with Gasteiger partial charge in [-0.2, -0.15) is 0 Å². The molecule has 6 nitrogen and oxygen atoms in total. The topological polar surface area (TPSA) is 86.9 Å². The van der Waals surface area contributed by atoms with Crippen LogP contribution in [0.25, 0.3) is 0 Å². The van der Waals surface area contributed by atoms with Gasteiger partial charge in [-0.05, 0) is 26.4 Å². The van der Waals surface area contributed by atoms with Crippen LogP contribution in [0.5, 0.6) is 0 Å². The van der Waals surface area contributed by atoms with Crippen molar-refractivity contribution in [1.29, 1.82) is 0 Å². The Morgan fingerprint density at radius 3 is 2.71 bits per heavy atom. The van der Waals surface area contributed by atoms with Crippen molar-refractivity contribution in [3.05, 3.63) is 0 Å². The van der Waals surface area contributed by atoms with Crippen LogP contribution in [0.3, 0.4) is 0 Å². The van der Waals surface area contributed by atoms with Crippen molar-refractivity contribution >= 4 is 11.9 Å². The molecule has 0 aliphatic carbocycles. The quantitative estimate of drug-likeness (QED) is 0.669. The van der Waals surface area contributed by atoms with Gasteiger partial charge in [0.2, 0.25) is 5.91 Å². The highest BCUT2D eigenvalue weighted by Gasteiger charge is 2.26. The van der Waals surface area contributed by atoms with Gasteiger partial charge >= 0.3 is 5.97 Å². The van der Waals surface area contributed by atoms with Gasteiger partial charge in [0.25, 0.3) is 0 Å². The number of hydrogen-bond acceptors (Lipinski definition) is 4. The van der Waals surface area contributed by atoms with Crippen LogP contribution in [0.2, 0.25) is 0 Å². The number of hydrogen-bond donors (Lipinski definition) is 2. The highest BCUT2D eigenvalue weighted by molar-refractivity contribution is 5.85. The summed E-state index contributed by atoms with van der Waals surface area (Å²) in [7, 11) is 3.71. The molecule has 17 heavy (non-hydrogen) atoms. The molecule has 0 saturated carbocycles. The molecule has 0 aromatic carbocycles. The number of carboxylic acids is 1. The van der Waals surface area contributed by atoms with E-state index in [1.165, 1.54) is 0 Å². The van der Waals surface area contributed by atoms with E-state index in [4.69, 9.17) is 10.8 Å². The number of carboxylic acid groups (broad SMARTS) is 1. The predicted octanol–water partition coefficient (Wildman–Crippen LogP) is -0.659. The van der Waals surface area contributed by atoms with Crippen LogP contribution in [-0.4, -0.2) is 66.1 Å². The molecule has 0 aromatic rings. The Balaban J connectivity index is 2.43. The molecule has 1 aliphatic rings. The SMILES string of the molecule is CN(CC1CCCN1C)C(=O)C(N)CC(=O)O. The lowest BCUT2D eigenvalue weighted by atomic mass is 10.1. The minimum absolute atomic E-state index is 0.298. The first kappa shape index (κ1) is 13.9. The van der Waals surface area contributed by atoms with E-state index in [-0.39, 0.29) is 12.3 Å². The maximum Gasteiger partial charge on any atom is 0.305 e. The van der Waals surface area contributed by atoms with Gasteiger partial charge in [0.1, 0.15) is 0 Å². The zero-order valence-corrected chi connectivity index (χ0v) is 10.4. The van der Waals surface area contributed by atoms with Crippen molar-refractivity contribution in [3.8, 4) is 0 Å². The number of carbonyl (C=O) groups is 2. The molecule has 1 amide bonds. The molecular formula is C11H21N3O3. The van der Waals surface area contributed by atoms with E-state index in [0.29, 0.717) is 12.6 Å². The zero-order chi connectivity index (χ0) is 13.0. The van der Waals surface area contributed by atoms with Crippen LogP contribution >= 0.6 is 0 Å². The van der Waals surface area contributed by atoms with Gasteiger partial charge in [0.15, 0.2) is 0 Å². The summed E-state index contributed by atoms with van der Waals surface area (Å²) in [5.74, 6) is -1.34. The fraction of sp³-hybridized carbons (Fsp3) is 0.818. The van der Waals surface area contributed by atoms with Crippen LogP contribution in [-0.2, 0) is 9.59 Å². The summed E-state index contributed by atoms with van der Waals surface area (Å²) < 4.78 is 0. The largest absolute Gasteiger partial charge is 0.481 e. The molecule has 0 bridgehead atoms. The van der Waals surface area contributed by atoms with E-state index in [0.717, 1.165) is 19.4 Å². The lowest BCUT2D eigenvalue weighted by Crippen LogP contribution is -2.47. The number of nitrogens with zero attached hydrogens (tertiary/aromatic N) is 2. The Morgan fingerprint density at radius 2 is 2.24 bits per heavy atom. The van der Waals surface area contributed by atoms with Crippen molar-refractivity contribution in [2.75, 3.05) is 27.2 Å². The van der Waals surface area contributed by atoms with Crippen molar-refractivity contribution in [1.82, 2.24) is 9.80 Å². The van der Waals surface area contributed by atoms with E-state index in [9.17, 15) is 9.59 Å². The number of likely N-dealkylation sites (tertiary alicyclic amines) is 1. The third-order valence-electron chi connectivity index (χ3n) is 3.24. The van der Waals surface area contributed by atoms with Gasteiger partial charge < -0.3 is 20.6 Å². The van der Waals surface area contributed by atoms with E-state index in [1.54, 1.807) is 11.9 Å². The summed E-state index contributed by atoms with van der Waals surface area (Å²) >= 11 is 0. The minimum atomic E-state index is -1.04. The molecule has 1 saturated heterocycles. The highest BCUT2D eigenvalue weighted by atomic mass is 16.4. The Morgan fingerprint density at radius 1 is 1.59 bits per heavy atom. The molecule has 0 radical (unpaired) electrons. The number of amides is 1. The van der Waals surface area contributed by atoms with Crippen LogP contribution in [0.15, 0.2) is 0 Å². The molecular weight excluding hydrogens is 222 g/mol. The summed E-state index contributed by atoms with van der Waals surface area (Å²) in [5.41, 5.74) is 5.54. The second-order valence-electron chi connectivity index (χ2n) is 4.70. The maximum absolute atomic E-state index is 11.8. The summed E-state index contributed by atoms with van der Waals surface area (Å²) in [6.45, 7) is 1.66. The number of likely N-dealkylation sites (N-methyl/N-ethyl adjacent to an activating group) is 2. The first-order chi connectivity index (χ1) is 7.91. The van der Waals surface area contributed by atoms with Crippen molar-refractivity contribution in [2.45, 2.75) is 31.3 Å². The Labute approximate surface area is 101 Å².